The molecule has 0 N–H and O–H groups in total. The van der Waals surface area contributed by atoms with Crippen LogP contribution in [0.4, 0.5) is 0 Å². The average Bonchev–Trinajstić information content (AvgIpc) is 2.39. The van der Waals surface area contributed by atoms with Gasteiger partial charge in [0, 0.05) is 12.0 Å². The van der Waals surface area contributed by atoms with Crippen LogP contribution in [0, 0.1) is 6.92 Å². The van der Waals surface area contributed by atoms with Gasteiger partial charge in [0.05, 0.1) is 0 Å². The fourth-order valence-corrected chi connectivity index (χ4v) is 2.23. The van der Waals surface area contributed by atoms with Crippen molar-refractivity contribution in [2.45, 2.75) is 19.4 Å². The molecule has 0 aromatic heterocycles. The predicted molar refractivity (Wildman–Crippen MR) is 69.7 cm³/mol. The van der Waals surface area contributed by atoms with E-state index in [1.807, 2.05) is 55.5 Å². The number of hydrogen-bond donors (Lipinski definition) is 0. The van der Waals surface area contributed by atoms with E-state index in [9.17, 15) is 4.79 Å². The number of hydrogen-bond acceptors (Lipinski definition) is 2. The van der Waals surface area contributed by atoms with Crippen molar-refractivity contribution in [2.24, 2.45) is 0 Å². The minimum Gasteiger partial charge on any atom is -0.478 e. The predicted octanol–water partition coefficient (Wildman–Crippen LogP) is 3.24. The molecule has 0 bridgehead atoms. The molecule has 3 rings (SSSR count). The van der Waals surface area contributed by atoms with E-state index in [-0.39, 0.29) is 5.78 Å². The smallest absolute Gasteiger partial charge is 0.182 e. The molecule has 1 aliphatic rings. The SMILES string of the molecule is Cc1ccc(C2Oc3ccccc3CC2=O)cc1. The van der Waals surface area contributed by atoms with Gasteiger partial charge in [-0.25, -0.2) is 0 Å². The number of para-hydroxylation sites is 1. The fraction of sp³-hybridized carbons (Fsp3) is 0.188. The molecule has 1 unspecified atom stereocenters. The van der Waals surface area contributed by atoms with Crippen molar-refractivity contribution >= 4 is 5.78 Å². The first-order valence-corrected chi connectivity index (χ1v) is 6.08. The van der Waals surface area contributed by atoms with Crippen LogP contribution in [-0.2, 0) is 11.2 Å². The van der Waals surface area contributed by atoms with Crippen LogP contribution in [0.25, 0.3) is 0 Å². The second kappa shape index (κ2) is 4.30. The minimum absolute atomic E-state index is 0.123. The lowest BCUT2D eigenvalue weighted by molar-refractivity contribution is -0.126. The van der Waals surface area contributed by atoms with Gasteiger partial charge in [-0.15, -0.1) is 0 Å². The number of Topliss-reactive ketones (excluding diaryl/α,β-unsaturated/α-hetero) is 1. The molecule has 0 aliphatic carbocycles. The maximum atomic E-state index is 12.1. The molecule has 2 aromatic rings. The molecule has 18 heavy (non-hydrogen) atoms. The summed E-state index contributed by atoms with van der Waals surface area (Å²) >= 11 is 0. The van der Waals surface area contributed by atoms with Crippen molar-refractivity contribution < 1.29 is 9.53 Å². The molecule has 0 saturated heterocycles. The van der Waals surface area contributed by atoms with Crippen LogP contribution in [0.1, 0.15) is 22.8 Å². The highest BCUT2D eigenvalue weighted by Crippen LogP contribution is 2.32. The minimum atomic E-state index is -0.458. The fourth-order valence-electron chi connectivity index (χ4n) is 2.23. The van der Waals surface area contributed by atoms with Gasteiger partial charge in [-0.05, 0) is 18.6 Å². The van der Waals surface area contributed by atoms with Crippen LogP contribution in [-0.4, -0.2) is 5.78 Å². The Morgan fingerprint density at radius 2 is 1.78 bits per heavy atom. The summed E-state index contributed by atoms with van der Waals surface area (Å²) in [5, 5.41) is 0. The third-order valence-electron chi connectivity index (χ3n) is 3.25. The van der Waals surface area contributed by atoms with Gasteiger partial charge in [0.1, 0.15) is 5.75 Å². The van der Waals surface area contributed by atoms with Gasteiger partial charge in [-0.2, -0.15) is 0 Å². The summed E-state index contributed by atoms with van der Waals surface area (Å²) in [6, 6.07) is 15.7. The van der Waals surface area contributed by atoms with Gasteiger partial charge in [0.25, 0.3) is 0 Å². The van der Waals surface area contributed by atoms with Gasteiger partial charge in [0.2, 0.25) is 0 Å². The Morgan fingerprint density at radius 3 is 2.56 bits per heavy atom. The Hall–Kier alpha value is -2.09. The molecule has 2 nitrogen and oxygen atoms in total. The summed E-state index contributed by atoms with van der Waals surface area (Å²) in [6.45, 7) is 2.03. The largest absolute Gasteiger partial charge is 0.478 e. The number of aryl methyl sites for hydroxylation is 1. The quantitative estimate of drug-likeness (QED) is 0.762. The standard InChI is InChI=1S/C16H14O2/c1-11-6-8-12(9-7-11)16-14(17)10-13-4-2-3-5-15(13)18-16/h2-9,16H,10H2,1H3. The van der Waals surface area contributed by atoms with Crippen molar-refractivity contribution in [2.75, 3.05) is 0 Å². The number of fused-ring (bicyclic) bond motifs is 1. The molecule has 1 aliphatic heterocycles. The number of carbonyl (C=O) groups excluding carboxylic acids is 1. The first-order valence-electron chi connectivity index (χ1n) is 6.08. The van der Waals surface area contributed by atoms with Crippen LogP contribution in [0.5, 0.6) is 5.75 Å². The number of ketones is 1. The number of rotatable bonds is 1. The van der Waals surface area contributed by atoms with E-state index in [1.54, 1.807) is 0 Å². The summed E-state index contributed by atoms with van der Waals surface area (Å²) < 4.78 is 5.82. The Kier molecular flexibility index (Phi) is 2.63. The highest BCUT2D eigenvalue weighted by Gasteiger charge is 2.28. The number of benzene rings is 2. The van der Waals surface area contributed by atoms with Gasteiger partial charge in [0.15, 0.2) is 11.9 Å². The molecule has 0 radical (unpaired) electrons. The van der Waals surface area contributed by atoms with Crippen LogP contribution >= 0.6 is 0 Å². The summed E-state index contributed by atoms with van der Waals surface area (Å²) in [4.78, 5) is 12.1. The van der Waals surface area contributed by atoms with Crippen LogP contribution in [0.15, 0.2) is 48.5 Å². The molecular weight excluding hydrogens is 224 g/mol. The van der Waals surface area contributed by atoms with Gasteiger partial charge >= 0.3 is 0 Å². The molecular formula is C16H14O2. The van der Waals surface area contributed by atoms with Crippen molar-refractivity contribution in [1.82, 2.24) is 0 Å². The van der Waals surface area contributed by atoms with Gasteiger partial charge in [-0.1, -0.05) is 48.0 Å². The first-order chi connectivity index (χ1) is 8.74. The van der Waals surface area contributed by atoms with E-state index in [4.69, 9.17) is 4.74 Å². The summed E-state index contributed by atoms with van der Waals surface area (Å²) in [5.74, 6) is 0.945. The van der Waals surface area contributed by atoms with Crippen LogP contribution in [0.2, 0.25) is 0 Å². The molecule has 0 amide bonds. The number of carbonyl (C=O) groups is 1. The van der Waals surface area contributed by atoms with Crippen molar-refractivity contribution in [3.8, 4) is 5.75 Å². The molecule has 0 fully saturated rings. The van der Waals surface area contributed by atoms with E-state index >= 15 is 0 Å². The maximum absolute atomic E-state index is 12.1. The molecule has 2 aromatic carbocycles. The monoisotopic (exact) mass is 238 g/mol. The van der Waals surface area contributed by atoms with E-state index in [0.717, 1.165) is 16.9 Å². The van der Waals surface area contributed by atoms with Gasteiger partial charge < -0.3 is 4.74 Å². The maximum Gasteiger partial charge on any atom is 0.182 e. The Labute approximate surface area is 106 Å². The zero-order chi connectivity index (χ0) is 12.5. The Balaban J connectivity index is 1.95. The van der Waals surface area contributed by atoms with Crippen molar-refractivity contribution in [1.29, 1.82) is 0 Å². The highest BCUT2D eigenvalue weighted by molar-refractivity contribution is 5.88. The molecule has 2 heteroatoms. The molecule has 90 valence electrons. The third kappa shape index (κ3) is 1.90. The summed E-state index contributed by atoms with van der Waals surface area (Å²) in [7, 11) is 0. The average molecular weight is 238 g/mol. The molecule has 0 spiro atoms. The summed E-state index contributed by atoms with van der Waals surface area (Å²) in [6.07, 6.45) is -0.00478. The molecule has 1 heterocycles. The Morgan fingerprint density at radius 1 is 1.06 bits per heavy atom. The van der Waals surface area contributed by atoms with Crippen molar-refractivity contribution in [3.05, 3.63) is 65.2 Å². The first kappa shape index (κ1) is 11.0. The second-order valence-corrected chi connectivity index (χ2v) is 4.66. The second-order valence-electron chi connectivity index (χ2n) is 4.66. The Bertz CT molecular complexity index is 584. The van der Waals surface area contributed by atoms with Crippen LogP contribution in [0.3, 0.4) is 0 Å². The van der Waals surface area contributed by atoms with E-state index in [2.05, 4.69) is 0 Å². The van der Waals surface area contributed by atoms with Crippen LogP contribution < -0.4 is 4.74 Å². The van der Waals surface area contributed by atoms with E-state index < -0.39 is 6.10 Å². The third-order valence-corrected chi connectivity index (χ3v) is 3.25. The van der Waals surface area contributed by atoms with E-state index in [0.29, 0.717) is 6.42 Å². The van der Waals surface area contributed by atoms with Crippen molar-refractivity contribution in [3.63, 3.8) is 0 Å². The topological polar surface area (TPSA) is 26.3 Å². The van der Waals surface area contributed by atoms with Gasteiger partial charge in [-0.3, -0.25) is 4.79 Å². The lowest BCUT2D eigenvalue weighted by Crippen LogP contribution is -2.25. The highest BCUT2D eigenvalue weighted by atomic mass is 16.5. The lowest BCUT2D eigenvalue weighted by Gasteiger charge is -2.25. The molecule has 0 saturated carbocycles. The zero-order valence-electron chi connectivity index (χ0n) is 10.2. The summed E-state index contributed by atoms with van der Waals surface area (Å²) in [5.41, 5.74) is 3.09. The lowest BCUT2D eigenvalue weighted by atomic mass is 9.96. The number of ether oxygens (including phenoxy) is 1. The zero-order valence-corrected chi connectivity index (χ0v) is 10.2. The normalized spacial score (nSPS) is 18.1. The molecule has 1 atom stereocenters. The van der Waals surface area contributed by atoms with E-state index in [1.165, 1.54) is 5.56 Å².